The molecule has 3 aromatic rings. The highest BCUT2D eigenvalue weighted by Gasteiger charge is 2.20. The van der Waals surface area contributed by atoms with Gasteiger partial charge in [0.25, 0.3) is 0 Å². The van der Waals surface area contributed by atoms with Crippen LogP contribution < -0.4 is 5.32 Å². The second-order valence-corrected chi connectivity index (χ2v) is 9.69. The zero-order valence-electron chi connectivity index (χ0n) is 17.4. The number of aliphatic imine (C=N–C) groups is 1. The van der Waals surface area contributed by atoms with Crippen LogP contribution in [0.3, 0.4) is 0 Å². The predicted molar refractivity (Wildman–Crippen MR) is 120 cm³/mol. The minimum Gasteiger partial charge on any atom is -0.349 e. The fraction of sp³-hybridized carbons (Fsp3) is 0.208. The number of carbonyl (C=O) groups excluding carboxylic acids is 1. The lowest BCUT2D eigenvalue weighted by molar-refractivity contribution is -0.121. The summed E-state index contributed by atoms with van der Waals surface area (Å²) in [6.45, 7) is 2.47. The van der Waals surface area contributed by atoms with Crippen LogP contribution in [0.15, 0.2) is 76.7 Å². The van der Waals surface area contributed by atoms with E-state index in [-0.39, 0.29) is 23.3 Å². The monoisotopic (exact) mass is 433 g/mol. The lowest BCUT2D eigenvalue weighted by atomic mass is 10.0. The summed E-state index contributed by atoms with van der Waals surface area (Å²) >= 11 is 0. The Kier molecular flexibility index (Phi) is 5.69. The molecule has 1 N–H and O–H groups in total. The Morgan fingerprint density at radius 1 is 1.10 bits per heavy atom. The van der Waals surface area contributed by atoms with Crippen molar-refractivity contribution in [3.8, 4) is 0 Å². The van der Waals surface area contributed by atoms with E-state index < -0.39 is 9.84 Å². The van der Waals surface area contributed by atoms with E-state index >= 15 is 0 Å². The zero-order chi connectivity index (χ0) is 22.0. The van der Waals surface area contributed by atoms with Crippen LogP contribution in [0.1, 0.15) is 40.9 Å². The average Bonchev–Trinajstić information content (AvgIpc) is 3.17. The standard InChI is InChI=1S/C24H23N3O3S/c1-16(17-6-4-3-5-7-17)27-23(28)13-20-12-19-14-26-24(22(19)15-25-20)18-8-10-21(11-9-18)31(2,29)30/h3-12,15-16H,13-14H2,1-2H3,(H,27,28)/t16-/m1/s1. The van der Waals surface area contributed by atoms with Crippen LogP contribution in [-0.4, -0.2) is 31.3 Å². The van der Waals surface area contributed by atoms with E-state index in [9.17, 15) is 13.2 Å². The summed E-state index contributed by atoms with van der Waals surface area (Å²) in [5.74, 6) is -0.0840. The first kappa shape index (κ1) is 20.9. The van der Waals surface area contributed by atoms with E-state index in [1.807, 2.05) is 43.3 Å². The summed E-state index contributed by atoms with van der Waals surface area (Å²) in [6.07, 6.45) is 3.13. The molecule has 0 unspecified atom stereocenters. The Morgan fingerprint density at radius 2 is 1.81 bits per heavy atom. The first-order valence-electron chi connectivity index (χ1n) is 9.98. The van der Waals surface area contributed by atoms with Gasteiger partial charge in [-0.15, -0.1) is 0 Å². The Hall–Kier alpha value is -3.32. The maximum atomic E-state index is 12.5. The van der Waals surface area contributed by atoms with E-state index in [0.29, 0.717) is 12.2 Å². The van der Waals surface area contributed by atoms with Crippen LogP contribution in [0.4, 0.5) is 0 Å². The summed E-state index contributed by atoms with van der Waals surface area (Å²) in [5, 5.41) is 3.01. The van der Waals surface area contributed by atoms with Gasteiger partial charge in [-0.1, -0.05) is 42.5 Å². The van der Waals surface area contributed by atoms with Crippen LogP contribution >= 0.6 is 0 Å². The first-order chi connectivity index (χ1) is 14.8. The van der Waals surface area contributed by atoms with E-state index in [0.717, 1.165) is 28.0 Å². The third-order valence-electron chi connectivity index (χ3n) is 5.28. The molecular formula is C24H23N3O3S. The molecule has 1 amide bonds. The molecule has 0 radical (unpaired) electrons. The van der Waals surface area contributed by atoms with Crippen LogP contribution in [0.25, 0.3) is 0 Å². The van der Waals surface area contributed by atoms with Gasteiger partial charge in [0.15, 0.2) is 9.84 Å². The normalized spacial score (nSPS) is 13.9. The number of aromatic nitrogens is 1. The van der Waals surface area contributed by atoms with Gasteiger partial charge in [-0.2, -0.15) is 0 Å². The lowest BCUT2D eigenvalue weighted by Gasteiger charge is -2.14. The quantitative estimate of drug-likeness (QED) is 0.646. The summed E-state index contributed by atoms with van der Waals surface area (Å²) < 4.78 is 23.3. The number of hydrogen-bond donors (Lipinski definition) is 1. The minimum absolute atomic E-state index is 0.0760. The van der Waals surface area contributed by atoms with Gasteiger partial charge in [0, 0.05) is 23.6 Å². The number of rotatable bonds is 6. The molecule has 0 aliphatic carbocycles. The molecule has 1 aliphatic heterocycles. The van der Waals surface area contributed by atoms with Gasteiger partial charge in [0.2, 0.25) is 5.91 Å². The second kappa shape index (κ2) is 8.43. The zero-order valence-corrected chi connectivity index (χ0v) is 18.2. The van der Waals surface area contributed by atoms with Gasteiger partial charge < -0.3 is 5.32 Å². The van der Waals surface area contributed by atoms with E-state index in [1.165, 1.54) is 6.26 Å². The maximum absolute atomic E-state index is 12.5. The number of nitrogens with zero attached hydrogens (tertiary/aromatic N) is 2. The first-order valence-corrected chi connectivity index (χ1v) is 11.9. The molecule has 7 heteroatoms. The van der Waals surface area contributed by atoms with Crippen molar-refractivity contribution in [2.24, 2.45) is 4.99 Å². The molecule has 31 heavy (non-hydrogen) atoms. The fourth-order valence-electron chi connectivity index (χ4n) is 3.63. The average molecular weight is 434 g/mol. The van der Waals surface area contributed by atoms with Crippen molar-refractivity contribution in [2.45, 2.75) is 30.8 Å². The van der Waals surface area contributed by atoms with Crippen LogP contribution in [-0.2, 0) is 27.6 Å². The smallest absolute Gasteiger partial charge is 0.226 e. The van der Waals surface area contributed by atoms with Crippen molar-refractivity contribution in [3.05, 3.63) is 94.8 Å². The van der Waals surface area contributed by atoms with Gasteiger partial charge in [0.1, 0.15) is 0 Å². The lowest BCUT2D eigenvalue weighted by Crippen LogP contribution is -2.28. The SMILES string of the molecule is C[C@@H](NC(=O)Cc1cc2c(cn1)C(c1ccc(S(C)(=O)=O)cc1)=NC2)c1ccccc1. The van der Waals surface area contributed by atoms with Crippen molar-refractivity contribution in [1.82, 2.24) is 10.3 Å². The molecule has 2 heterocycles. The molecular weight excluding hydrogens is 410 g/mol. The van der Waals surface area contributed by atoms with Crippen LogP contribution in [0.5, 0.6) is 0 Å². The second-order valence-electron chi connectivity index (χ2n) is 7.67. The number of sulfone groups is 1. The maximum Gasteiger partial charge on any atom is 0.226 e. The summed E-state index contributed by atoms with van der Waals surface area (Å²) in [5.41, 5.74) is 5.30. The summed E-state index contributed by atoms with van der Waals surface area (Å²) in [4.78, 5) is 21.8. The largest absolute Gasteiger partial charge is 0.349 e. The predicted octanol–water partition coefficient (Wildman–Crippen LogP) is 3.26. The van der Waals surface area contributed by atoms with Crippen molar-refractivity contribution in [3.63, 3.8) is 0 Å². The third kappa shape index (κ3) is 4.72. The van der Waals surface area contributed by atoms with Crippen LogP contribution in [0, 0.1) is 0 Å². The van der Waals surface area contributed by atoms with Crippen LogP contribution in [0.2, 0.25) is 0 Å². The number of nitrogens with one attached hydrogen (secondary N) is 1. The number of benzene rings is 2. The highest BCUT2D eigenvalue weighted by Crippen LogP contribution is 2.24. The number of carbonyl (C=O) groups is 1. The summed E-state index contributed by atoms with van der Waals surface area (Å²) in [6, 6.07) is 18.4. The topological polar surface area (TPSA) is 88.5 Å². The molecule has 1 atom stereocenters. The Bertz CT molecular complexity index is 1250. The summed E-state index contributed by atoms with van der Waals surface area (Å²) in [7, 11) is -3.24. The van der Waals surface area contributed by atoms with E-state index in [2.05, 4.69) is 15.3 Å². The van der Waals surface area contributed by atoms with E-state index in [1.54, 1.807) is 30.5 Å². The Labute approximate surface area is 182 Å². The van der Waals surface area contributed by atoms with Gasteiger partial charge in [-0.3, -0.25) is 14.8 Å². The molecule has 4 rings (SSSR count). The molecule has 2 aromatic carbocycles. The van der Waals surface area contributed by atoms with Gasteiger partial charge in [0.05, 0.1) is 35.3 Å². The number of hydrogen-bond acceptors (Lipinski definition) is 5. The molecule has 6 nitrogen and oxygen atoms in total. The van der Waals surface area contributed by atoms with Gasteiger partial charge >= 0.3 is 0 Å². The number of pyridine rings is 1. The number of fused-ring (bicyclic) bond motifs is 1. The van der Waals surface area contributed by atoms with Gasteiger partial charge in [-0.25, -0.2) is 8.42 Å². The van der Waals surface area contributed by atoms with Crippen molar-refractivity contribution < 1.29 is 13.2 Å². The minimum atomic E-state index is -3.24. The highest BCUT2D eigenvalue weighted by atomic mass is 32.2. The Balaban J connectivity index is 1.45. The third-order valence-corrected chi connectivity index (χ3v) is 6.41. The van der Waals surface area contributed by atoms with Gasteiger partial charge in [-0.05, 0) is 36.2 Å². The van der Waals surface area contributed by atoms with Crippen molar-refractivity contribution >= 4 is 21.5 Å². The molecule has 0 saturated carbocycles. The number of amides is 1. The molecule has 1 aromatic heterocycles. The van der Waals surface area contributed by atoms with E-state index in [4.69, 9.17) is 0 Å². The molecule has 0 spiro atoms. The van der Waals surface area contributed by atoms with Crippen molar-refractivity contribution in [1.29, 1.82) is 0 Å². The molecule has 0 fully saturated rings. The fourth-order valence-corrected chi connectivity index (χ4v) is 4.26. The molecule has 1 aliphatic rings. The Morgan fingerprint density at radius 3 is 2.48 bits per heavy atom. The highest BCUT2D eigenvalue weighted by molar-refractivity contribution is 7.90. The molecule has 158 valence electrons. The molecule has 0 saturated heterocycles. The molecule has 0 bridgehead atoms. The van der Waals surface area contributed by atoms with Crippen molar-refractivity contribution in [2.75, 3.05) is 6.26 Å².